The highest BCUT2D eigenvalue weighted by Crippen LogP contribution is 2.26. The SMILES string of the molecule is CCC.Cc1cc(N)n2ncc(C3=CC=C(c4ccn(C)n4)NC3)c2nc(C)n(C2CCN(C=O)CC2)c1. The Morgan fingerprint density at radius 1 is 1.18 bits per heavy atom. The molecule has 2 aliphatic rings. The van der Waals surface area contributed by atoms with Crippen LogP contribution in [0.2, 0.25) is 0 Å². The number of rotatable bonds is 4. The third-order valence-electron chi connectivity index (χ3n) is 6.65. The number of amides is 1. The lowest BCUT2D eigenvalue weighted by atomic mass is 10.0. The lowest BCUT2D eigenvalue weighted by Gasteiger charge is -2.31. The van der Waals surface area contributed by atoms with Gasteiger partial charge in [-0.1, -0.05) is 26.3 Å². The van der Waals surface area contributed by atoms with Crippen molar-refractivity contribution in [2.75, 3.05) is 25.4 Å². The van der Waals surface area contributed by atoms with Crippen molar-refractivity contribution in [3.63, 3.8) is 0 Å². The number of likely N-dealkylation sites (tertiary alicyclic amines) is 1. The normalized spacial score (nSPS) is 15.7. The van der Waals surface area contributed by atoms with Gasteiger partial charge in [-0.25, -0.2) is 4.98 Å². The Morgan fingerprint density at radius 2 is 1.92 bits per heavy atom. The smallest absolute Gasteiger partial charge is 0.209 e. The number of anilines is 1. The van der Waals surface area contributed by atoms with Gasteiger partial charge in [0.05, 0.1) is 11.9 Å². The van der Waals surface area contributed by atoms with Crippen LogP contribution in [0.5, 0.6) is 0 Å². The molecule has 0 atom stereocenters. The number of nitrogens with zero attached hydrogens (tertiary/aromatic N) is 7. The van der Waals surface area contributed by atoms with Gasteiger partial charge in [0.25, 0.3) is 0 Å². The topological polar surface area (TPSA) is 111 Å². The monoisotopic (exact) mass is 517 g/mol. The van der Waals surface area contributed by atoms with Crippen LogP contribution in [0.3, 0.4) is 0 Å². The minimum Gasteiger partial charge on any atom is -0.384 e. The first-order valence-corrected chi connectivity index (χ1v) is 13.3. The van der Waals surface area contributed by atoms with Crippen LogP contribution in [0, 0.1) is 13.8 Å². The van der Waals surface area contributed by atoms with Gasteiger partial charge in [0.15, 0.2) is 5.65 Å². The zero-order chi connectivity index (χ0) is 27.2. The molecule has 10 nitrogen and oxygen atoms in total. The third kappa shape index (κ3) is 5.90. The van der Waals surface area contributed by atoms with E-state index in [4.69, 9.17) is 10.7 Å². The number of nitrogens with one attached hydrogen (secondary N) is 1. The Bertz CT molecular complexity index is 1400. The summed E-state index contributed by atoms with van der Waals surface area (Å²) in [5, 5.41) is 12.5. The van der Waals surface area contributed by atoms with E-state index in [1.807, 2.05) is 56.4 Å². The van der Waals surface area contributed by atoms with Crippen LogP contribution in [0.15, 0.2) is 42.9 Å². The number of hydrogen-bond donors (Lipinski definition) is 2. The molecule has 0 aliphatic carbocycles. The summed E-state index contributed by atoms with van der Waals surface area (Å²) in [7, 11) is 1.91. The summed E-state index contributed by atoms with van der Waals surface area (Å²) in [6.07, 6.45) is 13.9. The quantitative estimate of drug-likeness (QED) is 0.509. The van der Waals surface area contributed by atoms with Crippen LogP contribution in [0.1, 0.15) is 61.8 Å². The first kappa shape index (κ1) is 27.0. The van der Waals surface area contributed by atoms with Crippen molar-refractivity contribution in [3.8, 4) is 0 Å². The Balaban J connectivity index is 0.00000107. The fourth-order valence-corrected chi connectivity index (χ4v) is 4.77. The molecule has 0 unspecified atom stereocenters. The van der Waals surface area contributed by atoms with Crippen molar-refractivity contribution in [2.24, 2.45) is 7.05 Å². The molecule has 0 radical (unpaired) electrons. The highest BCUT2D eigenvalue weighted by Gasteiger charge is 2.21. The van der Waals surface area contributed by atoms with Crippen molar-refractivity contribution in [1.82, 2.24) is 39.2 Å². The van der Waals surface area contributed by atoms with E-state index in [1.165, 1.54) is 6.42 Å². The zero-order valence-electron chi connectivity index (χ0n) is 23.1. The van der Waals surface area contributed by atoms with E-state index in [-0.39, 0.29) is 6.04 Å². The fraction of sp³-hybridized carbons (Fsp3) is 0.429. The molecule has 10 heteroatoms. The van der Waals surface area contributed by atoms with E-state index in [1.54, 1.807) is 9.20 Å². The highest BCUT2D eigenvalue weighted by atomic mass is 16.1. The average molecular weight is 518 g/mol. The van der Waals surface area contributed by atoms with Gasteiger partial charge in [0.1, 0.15) is 17.3 Å². The molecule has 5 rings (SSSR count). The number of nitrogens with two attached hydrogens (primary N) is 1. The summed E-state index contributed by atoms with van der Waals surface area (Å²) in [5.41, 5.74) is 12.1. The number of carbonyl (C=O) groups excluding carboxylic acids is 1. The molecule has 3 aromatic heterocycles. The van der Waals surface area contributed by atoms with Gasteiger partial charge in [0.2, 0.25) is 6.41 Å². The van der Waals surface area contributed by atoms with Crippen molar-refractivity contribution in [3.05, 3.63) is 65.5 Å². The number of allylic oxidation sites excluding steroid dienone is 2. The Labute approximate surface area is 224 Å². The van der Waals surface area contributed by atoms with Gasteiger partial charge in [-0.3, -0.25) is 9.48 Å². The van der Waals surface area contributed by atoms with Crippen molar-refractivity contribution < 1.29 is 4.79 Å². The predicted molar refractivity (Wildman–Crippen MR) is 152 cm³/mol. The number of dihydropyridines is 1. The molecule has 1 amide bonds. The van der Waals surface area contributed by atoms with Gasteiger partial charge in [0, 0.05) is 50.7 Å². The van der Waals surface area contributed by atoms with E-state index >= 15 is 0 Å². The minimum atomic E-state index is 0.261. The second-order valence-electron chi connectivity index (χ2n) is 9.88. The molecule has 1 saturated heterocycles. The van der Waals surface area contributed by atoms with Gasteiger partial charge in [-0.05, 0) is 56.0 Å². The molecule has 3 aromatic rings. The summed E-state index contributed by atoms with van der Waals surface area (Å²) in [5.74, 6) is 1.39. The maximum Gasteiger partial charge on any atom is 0.209 e. The van der Waals surface area contributed by atoms with E-state index in [9.17, 15) is 4.79 Å². The number of fused-ring (bicyclic) bond motifs is 1. The molecule has 0 bridgehead atoms. The molecule has 2 aliphatic heterocycles. The minimum absolute atomic E-state index is 0.261. The molecule has 3 N–H and O–H groups in total. The lowest BCUT2D eigenvalue weighted by Crippen LogP contribution is -2.34. The number of nitrogen functional groups attached to an aromatic ring is 1. The molecule has 5 heterocycles. The molecule has 0 spiro atoms. The van der Waals surface area contributed by atoms with E-state index in [0.29, 0.717) is 18.0 Å². The highest BCUT2D eigenvalue weighted by molar-refractivity contribution is 5.82. The van der Waals surface area contributed by atoms with E-state index in [2.05, 4.69) is 46.2 Å². The number of hydrogen-bond acceptors (Lipinski definition) is 6. The number of aryl methyl sites for hydroxylation is 3. The molecular weight excluding hydrogens is 478 g/mol. The summed E-state index contributed by atoms with van der Waals surface area (Å²) in [6, 6.07) is 4.17. The summed E-state index contributed by atoms with van der Waals surface area (Å²) < 4.78 is 5.71. The second kappa shape index (κ2) is 12.0. The van der Waals surface area contributed by atoms with Gasteiger partial charge >= 0.3 is 0 Å². The predicted octanol–water partition coefficient (Wildman–Crippen LogP) is 3.83. The summed E-state index contributed by atoms with van der Waals surface area (Å²) in [6.45, 7) is 10.4. The first-order chi connectivity index (χ1) is 18.3. The van der Waals surface area contributed by atoms with Crippen molar-refractivity contribution in [2.45, 2.75) is 53.0 Å². The van der Waals surface area contributed by atoms with E-state index in [0.717, 1.165) is 66.3 Å². The van der Waals surface area contributed by atoms with Gasteiger partial charge < -0.3 is 20.5 Å². The van der Waals surface area contributed by atoms with Crippen LogP contribution in [0.4, 0.5) is 5.82 Å². The fourth-order valence-electron chi connectivity index (χ4n) is 4.77. The maximum absolute atomic E-state index is 11.2. The Kier molecular flexibility index (Phi) is 8.50. The van der Waals surface area contributed by atoms with Crippen LogP contribution >= 0.6 is 0 Å². The lowest BCUT2D eigenvalue weighted by molar-refractivity contribution is -0.119. The van der Waals surface area contributed by atoms with Crippen LogP contribution < -0.4 is 11.1 Å². The van der Waals surface area contributed by atoms with Crippen molar-refractivity contribution in [1.29, 1.82) is 0 Å². The van der Waals surface area contributed by atoms with Crippen LogP contribution in [-0.4, -0.2) is 59.9 Å². The first-order valence-electron chi connectivity index (χ1n) is 13.3. The standard InChI is InChI=1S/C25H31N9O.C3H8/c1-17-12-24(26)34-25(29-18(2)33(15-17)20-6-10-32(16-35)11-7-20)21(14-28-34)19-4-5-22(27-13-19)23-8-9-31(3)30-23;1-3-2/h4-5,8-9,12,14-16,20,27H,6-7,10-11,13,26H2,1-3H3;3H2,1-2H3. The summed E-state index contributed by atoms with van der Waals surface area (Å²) >= 11 is 0. The maximum atomic E-state index is 11.2. The molecule has 1 fully saturated rings. The molecule has 38 heavy (non-hydrogen) atoms. The molecular formula is C28H39N9O. The van der Waals surface area contributed by atoms with Gasteiger partial charge in [-0.2, -0.15) is 14.7 Å². The number of carbonyl (C=O) groups is 1. The Morgan fingerprint density at radius 3 is 2.53 bits per heavy atom. The van der Waals surface area contributed by atoms with Gasteiger partial charge in [-0.15, -0.1) is 0 Å². The number of piperidine rings is 1. The van der Waals surface area contributed by atoms with E-state index < -0.39 is 0 Å². The zero-order valence-corrected chi connectivity index (χ0v) is 23.1. The third-order valence-corrected chi connectivity index (χ3v) is 6.65. The molecule has 0 saturated carbocycles. The van der Waals surface area contributed by atoms with Crippen LogP contribution in [-0.2, 0) is 11.8 Å². The van der Waals surface area contributed by atoms with Crippen LogP contribution in [0.25, 0.3) is 16.9 Å². The Hall–Kier alpha value is -4.08. The van der Waals surface area contributed by atoms with Crippen molar-refractivity contribution >= 4 is 29.1 Å². The summed E-state index contributed by atoms with van der Waals surface area (Å²) in [4.78, 5) is 18.0. The molecule has 0 aromatic carbocycles. The second-order valence-corrected chi connectivity index (χ2v) is 9.88. The molecule has 202 valence electrons. The largest absolute Gasteiger partial charge is 0.384 e. The number of aromatic nitrogens is 6. The average Bonchev–Trinajstić information content (AvgIpc) is 3.54.